The number of hydrogen-bond acceptors (Lipinski definition) is 2. The van der Waals surface area contributed by atoms with Gasteiger partial charge in [-0.05, 0) is 25.2 Å². The molecule has 88 valence electrons. The summed E-state index contributed by atoms with van der Waals surface area (Å²) in [4.78, 5) is 11.5. The molecular formula is C12H23NO2. The highest BCUT2D eigenvalue weighted by molar-refractivity contribution is 5.75. The summed E-state index contributed by atoms with van der Waals surface area (Å²) in [6.07, 6.45) is 8.08. The molecule has 1 saturated carbocycles. The number of hydrogen-bond donors (Lipinski definition) is 1. The second-order valence-electron chi connectivity index (χ2n) is 4.36. The molecule has 1 amide bonds. The van der Waals surface area contributed by atoms with Gasteiger partial charge in [-0.25, -0.2) is 0 Å². The Balaban J connectivity index is 2.01. The Labute approximate surface area is 92.6 Å². The molecule has 1 rings (SSSR count). The van der Waals surface area contributed by atoms with Crippen LogP contribution in [0.1, 0.15) is 51.9 Å². The average Bonchev–Trinajstić information content (AvgIpc) is 2.26. The van der Waals surface area contributed by atoms with Crippen molar-refractivity contribution in [3.05, 3.63) is 0 Å². The molecule has 0 heterocycles. The monoisotopic (exact) mass is 213 g/mol. The van der Waals surface area contributed by atoms with Gasteiger partial charge in [0.1, 0.15) is 6.73 Å². The predicted octanol–water partition coefficient (Wildman–Crippen LogP) is 2.46. The van der Waals surface area contributed by atoms with Gasteiger partial charge in [0.25, 0.3) is 0 Å². The summed E-state index contributed by atoms with van der Waals surface area (Å²) in [5.74, 6) is 0.767. The maximum Gasteiger partial charge on any atom is 0.222 e. The van der Waals surface area contributed by atoms with Gasteiger partial charge in [-0.3, -0.25) is 4.79 Å². The van der Waals surface area contributed by atoms with Crippen molar-refractivity contribution in [2.45, 2.75) is 51.9 Å². The lowest BCUT2D eigenvalue weighted by Gasteiger charge is -2.20. The van der Waals surface area contributed by atoms with E-state index in [2.05, 4.69) is 12.2 Å². The molecule has 0 unspecified atom stereocenters. The van der Waals surface area contributed by atoms with E-state index >= 15 is 0 Å². The van der Waals surface area contributed by atoms with Crippen molar-refractivity contribution in [2.24, 2.45) is 5.92 Å². The van der Waals surface area contributed by atoms with E-state index in [-0.39, 0.29) is 5.91 Å². The average molecular weight is 213 g/mol. The summed E-state index contributed by atoms with van der Waals surface area (Å²) in [5.41, 5.74) is 0. The molecule has 1 aliphatic carbocycles. The topological polar surface area (TPSA) is 38.3 Å². The smallest absolute Gasteiger partial charge is 0.222 e. The summed E-state index contributed by atoms with van der Waals surface area (Å²) in [6, 6.07) is 0. The van der Waals surface area contributed by atoms with E-state index in [4.69, 9.17) is 4.74 Å². The lowest BCUT2D eigenvalue weighted by molar-refractivity contribution is -0.124. The lowest BCUT2D eigenvalue weighted by atomic mass is 9.87. The zero-order chi connectivity index (χ0) is 10.9. The maximum absolute atomic E-state index is 11.5. The van der Waals surface area contributed by atoms with E-state index in [1.807, 2.05) is 0 Å². The van der Waals surface area contributed by atoms with Crippen LogP contribution in [0.5, 0.6) is 0 Å². The van der Waals surface area contributed by atoms with Crippen molar-refractivity contribution in [3.63, 3.8) is 0 Å². The minimum atomic E-state index is 0.151. The molecule has 0 aliphatic heterocycles. The molecule has 0 aromatic carbocycles. The van der Waals surface area contributed by atoms with E-state index in [0.717, 1.165) is 13.0 Å². The van der Waals surface area contributed by atoms with Gasteiger partial charge >= 0.3 is 0 Å². The molecule has 0 atom stereocenters. The first-order valence-corrected chi connectivity index (χ1v) is 6.17. The Morgan fingerprint density at radius 3 is 2.73 bits per heavy atom. The van der Waals surface area contributed by atoms with Gasteiger partial charge in [0.2, 0.25) is 5.91 Å². The third-order valence-electron chi connectivity index (χ3n) is 2.92. The molecule has 1 aliphatic rings. The number of ether oxygens (including phenoxy) is 1. The van der Waals surface area contributed by atoms with Gasteiger partial charge in [-0.15, -0.1) is 0 Å². The van der Waals surface area contributed by atoms with Crippen LogP contribution >= 0.6 is 0 Å². The van der Waals surface area contributed by atoms with Crippen molar-refractivity contribution < 1.29 is 9.53 Å². The number of carbonyl (C=O) groups is 1. The quantitative estimate of drug-likeness (QED) is 0.543. The fraction of sp³-hybridized carbons (Fsp3) is 0.917. The van der Waals surface area contributed by atoms with Crippen molar-refractivity contribution in [1.82, 2.24) is 5.32 Å². The van der Waals surface area contributed by atoms with E-state index in [9.17, 15) is 4.79 Å². The van der Waals surface area contributed by atoms with E-state index in [1.54, 1.807) is 0 Å². The van der Waals surface area contributed by atoms with Gasteiger partial charge in [0, 0.05) is 13.0 Å². The molecule has 15 heavy (non-hydrogen) atoms. The normalized spacial score (nSPS) is 17.7. The summed E-state index contributed by atoms with van der Waals surface area (Å²) < 4.78 is 5.21. The number of carbonyl (C=O) groups excluding carboxylic acids is 1. The molecular weight excluding hydrogens is 190 g/mol. The Morgan fingerprint density at radius 2 is 2.07 bits per heavy atom. The molecule has 0 radical (unpaired) electrons. The van der Waals surface area contributed by atoms with Crippen LogP contribution in [0.3, 0.4) is 0 Å². The lowest BCUT2D eigenvalue weighted by Crippen LogP contribution is -2.28. The van der Waals surface area contributed by atoms with Crippen LogP contribution < -0.4 is 5.32 Å². The third-order valence-corrected chi connectivity index (χ3v) is 2.92. The van der Waals surface area contributed by atoms with Crippen molar-refractivity contribution in [2.75, 3.05) is 13.3 Å². The van der Waals surface area contributed by atoms with Crippen LogP contribution in [0.25, 0.3) is 0 Å². The summed E-state index contributed by atoms with van der Waals surface area (Å²) >= 11 is 0. The fourth-order valence-corrected chi connectivity index (χ4v) is 2.07. The van der Waals surface area contributed by atoms with Crippen LogP contribution in [0.2, 0.25) is 0 Å². The Hall–Kier alpha value is -0.570. The molecule has 0 aromatic heterocycles. The molecule has 1 fully saturated rings. The first kappa shape index (κ1) is 12.5. The van der Waals surface area contributed by atoms with Crippen LogP contribution in [-0.2, 0) is 9.53 Å². The molecule has 0 aromatic rings. The first-order valence-electron chi connectivity index (χ1n) is 6.17. The zero-order valence-electron chi connectivity index (χ0n) is 9.76. The van der Waals surface area contributed by atoms with Crippen LogP contribution in [-0.4, -0.2) is 19.2 Å². The minimum absolute atomic E-state index is 0.151. The van der Waals surface area contributed by atoms with Crippen LogP contribution in [0, 0.1) is 5.92 Å². The maximum atomic E-state index is 11.5. The second kappa shape index (κ2) is 7.69. The Morgan fingerprint density at radius 1 is 1.33 bits per heavy atom. The van der Waals surface area contributed by atoms with Crippen molar-refractivity contribution >= 4 is 5.91 Å². The summed E-state index contributed by atoms with van der Waals surface area (Å²) in [5, 5.41) is 2.80. The largest absolute Gasteiger partial charge is 0.361 e. The van der Waals surface area contributed by atoms with Gasteiger partial charge in [-0.1, -0.05) is 26.2 Å². The number of nitrogens with one attached hydrogen (secondary N) is 1. The highest BCUT2D eigenvalue weighted by Gasteiger charge is 2.16. The first-order chi connectivity index (χ1) is 7.33. The van der Waals surface area contributed by atoms with Crippen LogP contribution in [0.15, 0.2) is 0 Å². The number of rotatable bonds is 6. The van der Waals surface area contributed by atoms with E-state index < -0.39 is 0 Å². The fourth-order valence-electron chi connectivity index (χ4n) is 2.07. The number of amides is 1. The standard InChI is InChI=1S/C12H23NO2/c1-2-8-15-10-13-12(14)9-11-6-4-3-5-7-11/h11H,2-10H2,1H3,(H,13,14). The molecule has 3 nitrogen and oxygen atoms in total. The SMILES string of the molecule is CCCOCNC(=O)CC1CCCCC1. The Bertz CT molecular complexity index is 176. The van der Waals surface area contributed by atoms with Gasteiger partial charge in [0.05, 0.1) is 0 Å². The third kappa shape index (κ3) is 5.78. The van der Waals surface area contributed by atoms with Crippen LogP contribution in [0.4, 0.5) is 0 Å². The van der Waals surface area contributed by atoms with Gasteiger partial charge in [0.15, 0.2) is 0 Å². The molecule has 0 bridgehead atoms. The van der Waals surface area contributed by atoms with E-state index in [1.165, 1.54) is 32.1 Å². The molecule has 3 heteroatoms. The highest BCUT2D eigenvalue weighted by Crippen LogP contribution is 2.25. The molecule has 0 spiro atoms. The summed E-state index contributed by atoms with van der Waals surface area (Å²) in [7, 11) is 0. The Kier molecular flexibility index (Phi) is 6.41. The van der Waals surface area contributed by atoms with E-state index in [0.29, 0.717) is 19.1 Å². The minimum Gasteiger partial charge on any atom is -0.361 e. The second-order valence-corrected chi connectivity index (χ2v) is 4.36. The highest BCUT2D eigenvalue weighted by atomic mass is 16.5. The van der Waals surface area contributed by atoms with Gasteiger partial charge < -0.3 is 10.1 Å². The predicted molar refractivity (Wildman–Crippen MR) is 60.4 cm³/mol. The summed E-state index contributed by atoms with van der Waals surface area (Å²) in [6.45, 7) is 3.16. The van der Waals surface area contributed by atoms with Gasteiger partial charge in [-0.2, -0.15) is 0 Å². The molecule has 0 saturated heterocycles. The van der Waals surface area contributed by atoms with Crippen molar-refractivity contribution in [1.29, 1.82) is 0 Å². The zero-order valence-corrected chi connectivity index (χ0v) is 9.76. The van der Waals surface area contributed by atoms with Crippen molar-refractivity contribution in [3.8, 4) is 0 Å². The molecule has 1 N–H and O–H groups in total.